The van der Waals surface area contributed by atoms with Crippen molar-refractivity contribution in [1.82, 2.24) is 0 Å². The maximum absolute atomic E-state index is 12.0. The average molecular weight is 318 g/mol. The molecule has 5 heteroatoms. The van der Waals surface area contributed by atoms with Crippen molar-refractivity contribution in [1.29, 1.82) is 0 Å². The molecule has 21 heavy (non-hydrogen) atoms. The summed E-state index contributed by atoms with van der Waals surface area (Å²) in [5.74, 6) is 0. The normalized spacial score (nSPS) is 27.6. The van der Waals surface area contributed by atoms with E-state index in [4.69, 9.17) is 8.37 Å². The highest BCUT2D eigenvalue weighted by Crippen LogP contribution is 2.38. The van der Waals surface area contributed by atoms with Crippen LogP contribution in [0.2, 0.25) is 0 Å². The zero-order valence-electron chi connectivity index (χ0n) is 13.9. The first-order chi connectivity index (χ1) is 9.57. The lowest BCUT2D eigenvalue weighted by molar-refractivity contribution is 0.0517. The van der Waals surface area contributed by atoms with Crippen LogP contribution in [-0.4, -0.2) is 20.6 Å². The number of hydrogen-bond acceptors (Lipinski definition) is 4. The van der Waals surface area contributed by atoms with E-state index in [9.17, 15) is 8.42 Å². The third-order valence-electron chi connectivity index (χ3n) is 5.08. The molecule has 2 saturated carbocycles. The van der Waals surface area contributed by atoms with E-state index < -0.39 is 10.4 Å². The third kappa shape index (κ3) is 5.53. The molecule has 0 unspecified atom stereocenters. The van der Waals surface area contributed by atoms with Crippen LogP contribution in [0.5, 0.6) is 0 Å². The fourth-order valence-electron chi connectivity index (χ4n) is 3.29. The Morgan fingerprint density at radius 3 is 1.29 bits per heavy atom. The molecule has 124 valence electrons. The molecule has 0 N–H and O–H groups in total. The van der Waals surface area contributed by atoms with E-state index in [2.05, 4.69) is 27.7 Å². The first-order valence-electron chi connectivity index (χ1n) is 8.19. The van der Waals surface area contributed by atoms with E-state index in [-0.39, 0.29) is 12.2 Å². The molecule has 0 aromatic rings. The zero-order valence-corrected chi connectivity index (χ0v) is 14.7. The van der Waals surface area contributed by atoms with Gasteiger partial charge in [-0.1, -0.05) is 27.7 Å². The van der Waals surface area contributed by atoms with Crippen molar-refractivity contribution >= 4 is 10.4 Å². The van der Waals surface area contributed by atoms with Crippen LogP contribution in [0.3, 0.4) is 0 Å². The summed E-state index contributed by atoms with van der Waals surface area (Å²) in [5, 5.41) is 0. The van der Waals surface area contributed by atoms with Crippen molar-refractivity contribution in [3.8, 4) is 0 Å². The molecular weight excluding hydrogens is 288 g/mol. The van der Waals surface area contributed by atoms with Gasteiger partial charge in [-0.3, -0.25) is 0 Å². The second-order valence-corrected chi connectivity index (χ2v) is 9.53. The predicted octanol–water partition coefficient (Wildman–Crippen LogP) is 4.20. The minimum Gasteiger partial charge on any atom is -0.245 e. The van der Waals surface area contributed by atoms with E-state index in [1.54, 1.807) is 0 Å². The Balaban J connectivity index is 1.80. The summed E-state index contributed by atoms with van der Waals surface area (Å²) in [5.41, 5.74) is 0.610. The van der Waals surface area contributed by atoms with Gasteiger partial charge in [0.15, 0.2) is 0 Å². The molecule has 0 aromatic heterocycles. The maximum atomic E-state index is 12.0. The van der Waals surface area contributed by atoms with Gasteiger partial charge >= 0.3 is 10.4 Å². The average Bonchev–Trinajstić information content (AvgIpc) is 2.34. The molecule has 0 bridgehead atoms. The van der Waals surface area contributed by atoms with Crippen LogP contribution in [0.25, 0.3) is 0 Å². The Bertz CT molecular complexity index is 397. The molecule has 0 spiro atoms. The number of hydrogen-bond donors (Lipinski definition) is 0. The van der Waals surface area contributed by atoms with Gasteiger partial charge in [0.05, 0.1) is 12.2 Å². The molecule has 2 aliphatic carbocycles. The van der Waals surface area contributed by atoms with Gasteiger partial charge in [-0.25, -0.2) is 8.37 Å². The molecule has 0 heterocycles. The number of rotatable bonds is 4. The molecule has 2 aliphatic rings. The highest BCUT2D eigenvalue weighted by molar-refractivity contribution is 7.81. The van der Waals surface area contributed by atoms with Crippen LogP contribution >= 0.6 is 0 Å². The lowest BCUT2D eigenvalue weighted by Crippen LogP contribution is -2.32. The van der Waals surface area contributed by atoms with Crippen LogP contribution in [0.4, 0.5) is 0 Å². The summed E-state index contributed by atoms with van der Waals surface area (Å²) in [6.45, 7) is 8.88. The molecular formula is C16H30O4S. The van der Waals surface area contributed by atoms with Crippen molar-refractivity contribution in [2.45, 2.75) is 91.3 Å². The summed E-state index contributed by atoms with van der Waals surface area (Å²) in [6, 6.07) is 0. The Labute approximate surface area is 129 Å². The highest BCUT2D eigenvalue weighted by Gasteiger charge is 2.34. The molecule has 0 atom stereocenters. The van der Waals surface area contributed by atoms with E-state index in [1.807, 2.05) is 0 Å². The topological polar surface area (TPSA) is 52.6 Å². The second kappa shape index (κ2) is 6.17. The minimum atomic E-state index is -3.86. The van der Waals surface area contributed by atoms with Crippen LogP contribution in [0.15, 0.2) is 0 Å². The van der Waals surface area contributed by atoms with Crippen molar-refractivity contribution in [3.63, 3.8) is 0 Å². The van der Waals surface area contributed by atoms with E-state index in [0.717, 1.165) is 51.4 Å². The quantitative estimate of drug-likeness (QED) is 0.779. The summed E-state index contributed by atoms with van der Waals surface area (Å²) in [4.78, 5) is 0. The van der Waals surface area contributed by atoms with Crippen LogP contribution in [0.1, 0.15) is 79.1 Å². The minimum absolute atomic E-state index is 0.206. The molecule has 2 rings (SSSR count). The van der Waals surface area contributed by atoms with Crippen LogP contribution in [0, 0.1) is 10.8 Å². The predicted molar refractivity (Wildman–Crippen MR) is 83.2 cm³/mol. The van der Waals surface area contributed by atoms with Crippen LogP contribution in [-0.2, 0) is 18.8 Å². The first-order valence-corrected chi connectivity index (χ1v) is 9.52. The SMILES string of the molecule is CC1(C)CCC(OS(=O)(=O)OC2CCC(C)(C)CC2)CC1. The smallest absolute Gasteiger partial charge is 0.245 e. The largest absolute Gasteiger partial charge is 0.400 e. The van der Waals surface area contributed by atoms with Gasteiger partial charge in [0, 0.05) is 0 Å². The van der Waals surface area contributed by atoms with Crippen molar-refractivity contribution < 1.29 is 16.8 Å². The molecule has 0 aromatic carbocycles. The summed E-state index contributed by atoms with van der Waals surface area (Å²) in [7, 11) is -3.86. The molecule has 2 fully saturated rings. The molecule has 4 nitrogen and oxygen atoms in total. The third-order valence-corrected chi connectivity index (χ3v) is 6.10. The Hall–Kier alpha value is -0.130. The van der Waals surface area contributed by atoms with Gasteiger partial charge in [0.25, 0.3) is 0 Å². The van der Waals surface area contributed by atoms with Crippen molar-refractivity contribution in [2.75, 3.05) is 0 Å². The standard InChI is InChI=1S/C16H30O4S/c1-15(2)9-5-13(6-10-15)19-21(17,18)20-14-7-11-16(3,4)12-8-14/h13-14H,5-12H2,1-4H3. The monoisotopic (exact) mass is 318 g/mol. The first kappa shape index (κ1) is 17.2. The Kier molecular flexibility index (Phi) is 5.06. The fraction of sp³-hybridized carbons (Fsp3) is 1.00. The lowest BCUT2D eigenvalue weighted by Gasteiger charge is -2.35. The Morgan fingerprint density at radius 1 is 0.714 bits per heavy atom. The molecule has 0 radical (unpaired) electrons. The van der Waals surface area contributed by atoms with Gasteiger partial charge in [0.1, 0.15) is 0 Å². The van der Waals surface area contributed by atoms with Gasteiger partial charge < -0.3 is 0 Å². The summed E-state index contributed by atoms with van der Waals surface area (Å²) >= 11 is 0. The van der Waals surface area contributed by atoms with E-state index in [1.165, 1.54) is 0 Å². The highest BCUT2D eigenvalue weighted by atomic mass is 32.3. The fourth-order valence-corrected chi connectivity index (χ4v) is 4.39. The molecule has 0 aliphatic heterocycles. The molecule has 0 amide bonds. The van der Waals surface area contributed by atoms with Gasteiger partial charge in [-0.2, -0.15) is 8.42 Å². The van der Waals surface area contributed by atoms with Crippen LogP contribution < -0.4 is 0 Å². The zero-order chi connectivity index (χ0) is 15.7. The summed E-state index contributed by atoms with van der Waals surface area (Å²) in [6.07, 6.45) is 6.80. The van der Waals surface area contributed by atoms with Crippen molar-refractivity contribution in [2.24, 2.45) is 10.8 Å². The van der Waals surface area contributed by atoms with E-state index >= 15 is 0 Å². The second-order valence-electron chi connectivity index (χ2n) is 8.33. The lowest BCUT2D eigenvalue weighted by atomic mass is 9.76. The van der Waals surface area contributed by atoms with Crippen molar-refractivity contribution in [3.05, 3.63) is 0 Å². The molecule has 0 saturated heterocycles. The Morgan fingerprint density at radius 2 is 1.00 bits per heavy atom. The van der Waals surface area contributed by atoms with Gasteiger partial charge in [-0.05, 0) is 62.2 Å². The van der Waals surface area contributed by atoms with Gasteiger partial charge in [-0.15, -0.1) is 0 Å². The van der Waals surface area contributed by atoms with E-state index in [0.29, 0.717) is 10.8 Å². The van der Waals surface area contributed by atoms with Gasteiger partial charge in [0.2, 0.25) is 0 Å². The maximum Gasteiger partial charge on any atom is 0.400 e. The summed E-state index contributed by atoms with van der Waals surface area (Å²) < 4.78 is 34.6.